The second-order valence-electron chi connectivity index (χ2n) is 8.07. The highest BCUT2D eigenvalue weighted by atomic mass is 16.5. The summed E-state index contributed by atoms with van der Waals surface area (Å²) in [7, 11) is 1.59. The van der Waals surface area contributed by atoms with E-state index in [2.05, 4.69) is 17.5 Å². The van der Waals surface area contributed by atoms with Crippen LogP contribution in [0.5, 0.6) is 5.75 Å². The lowest BCUT2D eigenvalue weighted by molar-refractivity contribution is 0.0664. The fraction of sp³-hybridized carbons (Fsp3) is 0.545. The van der Waals surface area contributed by atoms with Crippen molar-refractivity contribution < 1.29 is 14.3 Å². The molecule has 2 bridgehead atoms. The largest absolute Gasteiger partial charge is 0.497 e. The zero-order valence-electron chi connectivity index (χ0n) is 16.5. The molecule has 3 atom stereocenters. The molecule has 2 fully saturated rings. The number of amides is 3. The third-order valence-corrected chi connectivity index (χ3v) is 6.38. The molecule has 3 amide bonds. The van der Waals surface area contributed by atoms with Gasteiger partial charge in [-0.3, -0.25) is 4.79 Å². The minimum absolute atomic E-state index is 0.00724. The number of ether oxygens (including phenoxy) is 1. The molecule has 150 valence electrons. The molecule has 2 aliphatic carbocycles. The topological polar surface area (TPSA) is 61.9 Å². The van der Waals surface area contributed by atoms with E-state index < -0.39 is 0 Å². The first-order chi connectivity index (χ1) is 13.6. The minimum atomic E-state index is -0.0108. The molecule has 6 nitrogen and oxygen atoms in total. The van der Waals surface area contributed by atoms with Crippen molar-refractivity contribution in [1.29, 1.82) is 0 Å². The molecule has 1 aromatic rings. The minimum Gasteiger partial charge on any atom is -0.497 e. The highest BCUT2D eigenvalue weighted by Crippen LogP contribution is 2.44. The van der Waals surface area contributed by atoms with Gasteiger partial charge in [-0.2, -0.15) is 0 Å². The molecule has 0 radical (unpaired) electrons. The number of piperazine rings is 1. The van der Waals surface area contributed by atoms with Crippen LogP contribution in [0.3, 0.4) is 0 Å². The molecule has 1 N–H and O–H groups in total. The van der Waals surface area contributed by atoms with Gasteiger partial charge in [0.1, 0.15) is 5.75 Å². The molecule has 4 rings (SSSR count). The summed E-state index contributed by atoms with van der Waals surface area (Å²) in [5.74, 6) is 2.90. The van der Waals surface area contributed by atoms with E-state index >= 15 is 0 Å². The summed E-state index contributed by atoms with van der Waals surface area (Å²) in [6.45, 7) is 2.99. The molecular formula is C22H29N3O3. The predicted octanol–water partition coefficient (Wildman–Crippen LogP) is 2.76. The molecule has 1 saturated heterocycles. The first-order valence-electron chi connectivity index (χ1n) is 10.3. The van der Waals surface area contributed by atoms with Crippen molar-refractivity contribution in [1.82, 2.24) is 15.1 Å². The van der Waals surface area contributed by atoms with Crippen LogP contribution in [0.1, 0.15) is 29.6 Å². The van der Waals surface area contributed by atoms with E-state index in [1.165, 1.54) is 12.8 Å². The average molecular weight is 383 g/mol. The van der Waals surface area contributed by atoms with Crippen LogP contribution in [0.15, 0.2) is 36.4 Å². The van der Waals surface area contributed by atoms with Gasteiger partial charge in [0.05, 0.1) is 7.11 Å². The van der Waals surface area contributed by atoms with E-state index in [0.717, 1.165) is 30.7 Å². The number of methoxy groups -OCH3 is 1. The number of nitrogens with one attached hydrogen (secondary N) is 1. The second-order valence-corrected chi connectivity index (χ2v) is 8.07. The number of allylic oxidation sites excluding steroid dienone is 2. The van der Waals surface area contributed by atoms with Crippen LogP contribution in [-0.2, 0) is 0 Å². The zero-order chi connectivity index (χ0) is 19.5. The van der Waals surface area contributed by atoms with E-state index in [9.17, 15) is 9.59 Å². The summed E-state index contributed by atoms with van der Waals surface area (Å²) in [5.41, 5.74) is 0.622. The number of fused-ring (bicyclic) bond motifs is 2. The van der Waals surface area contributed by atoms with Crippen LogP contribution in [0.2, 0.25) is 0 Å². The highest BCUT2D eigenvalue weighted by Gasteiger charge is 2.35. The Morgan fingerprint density at radius 1 is 1.11 bits per heavy atom. The predicted molar refractivity (Wildman–Crippen MR) is 107 cm³/mol. The molecular weight excluding hydrogens is 354 g/mol. The number of hydrogen-bond acceptors (Lipinski definition) is 3. The van der Waals surface area contributed by atoms with Crippen LogP contribution < -0.4 is 10.1 Å². The van der Waals surface area contributed by atoms with Gasteiger partial charge < -0.3 is 19.9 Å². The van der Waals surface area contributed by atoms with E-state index in [1.807, 2.05) is 17.0 Å². The Hall–Kier alpha value is -2.50. The maximum Gasteiger partial charge on any atom is 0.317 e. The molecule has 0 unspecified atom stereocenters. The highest BCUT2D eigenvalue weighted by molar-refractivity contribution is 5.94. The number of carbonyl (C=O) groups excluding carboxylic acids is 2. The molecule has 0 spiro atoms. The maximum atomic E-state index is 12.7. The van der Waals surface area contributed by atoms with Crippen molar-refractivity contribution in [3.63, 3.8) is 0 Å². The lowest BCUT2D eigenvalue weighted by Gasteiger charge is -2.35. The van der Waals surface area contributed by atoms with Gasteiger partial charge >= 0.3 is 6.03 Å². The van der Waals surface area contributed by atoms with Crippen molar-refractivity contribution in [2.45, 2.75) is 19.3 Å². The molecule has 0 aromatic heterocycles. The Labute approximate surface area is 166 Å². The molecule has 1 heterocycles. The lowest BCUT2D eigenvalue weighted by atomic mass is 9.91. The number of nitrogens with zero attached hydrogens (tertiary/aromatic N) is 2. The molecule has 1 saturated carbocycles. The number of carbonyl (C=O) groups is 2. The Morgan fingerprint density at radius 3 is 2.57 bits per heavy atom. The summed E-state index contributed by atoms with van der Waals surface area (Å²) in [5, 5.41) is 3.07. The van der Waals surface area contributed by atoms with Crippen molar-refractivity contribution >= 4 is 11.9 Å². The van der Waals surface area contributed by atoms with Crippen LogP contribution >= 0.6 is 0 Å². The number of urea groups is 1. The third-order valence-electron chi connectivity index (χ3n) is 6.38. The molecule has 6 heteroatoms. The molecule has 1 aliphatic heterocycles. The standard InChI is InChI=1S/C22H29N3O3/c1-28-20-4-2-3-19(15-20)21(26)24-9-11-25(12-10-24)22(27)23-8-7-18-14-16-5-6-17(18)13-16/h2-6,15-18H,7-14H2,1H3,(H,23,27)/t16-,17+,18-/m1/s1. The van der Waals surface area contributed by atoms with Gasteiger partial charge in [0, 0.05) is 38.3 Å². The van der Waals surface area contributed by atoms with E-state index in [0.29, 0.717) is 37.5 Å². The normalized spacial score (nSPS) is 25.8. The van der Waals surface area contributed by atoms with Gasteiger partial charge in [0.25, 0.3) is 5.91 Å². The summed E-state index contributed by atoms with van der Waals surface area (Å²) < 4.78 is 5.20. The van der Waals surface area contributed by atoms with Gasteiger partial charge in [-0.05, 0) is 55.2 Å². The van der Waals surface area contributed by atoms with Gasteiger partial charge in [-0.25, -0.2) is 4.79 Å². The SMILES string of the molecule is COc1cccc(C(=O)N2CCN(C(=O)NCC[C@@H]3C[C@@H]4C=C[C@H]3C4)CC2)c1. The summed E-state index contributed by atoms with van der Waals surface area (Å²) in [6.07, 6.45) is 8.36. The van der Waals surface area contributed by atoms with Gasteiger partial charge in [-0.15, -0.1) is 0 Å². The van der Waals surface area contributed by atoms with Gasteiger partial charge in [0.2, 0.25) is 0 Å². The Morgan fingerprint density at radius 2 is 1.89 bits per heavy atom. The summed E-state index contributed by atoms with van der Waals surface area (Å²) in [6, 6.07) is 7.20. The Kier molecular flexibility index (Phi) is 5.55. The number of rotatable bonds is 5. The van der Waals surface area contributed by atoms with Crippen molar-refractivity contribution in [2.24, 2.45) is 17.8 Å². The van der Waals surface area contributed by atoms with Crippen molar-refractivity contribution in [3.8, 4) is 5.75 Å². The van der Waals surface area contributed by atoms with Crippen LogP contribution in [0, 0.1) is 17.8 Å². The Balaban J connectivity index is 1.20. The first kappa shape index (κ1) is 18.8. The first-order valence-corrected chi connectivity index (χ1v) is 10.3. The molecule has 1 aromatic carbocycles. The smallest absolute Gasteiger partial charge is 0.317 e. The zero-order valence-corrected chi connectivity index (χ0v) is 16.5. The van der Waals surface area contributed by atoms with Crippen molar-refractivity contribution in [2.75, 3.05) is 39.8 Å². The quantitative estimate of drug-likeness (QED) is 0.796. The lowest BCUT2D eigenvalue weighted by Crippen LogP contribution is -2.53. The summed E-state index contributed by atoms with van der Waals surface area (Å²) in [4.78, 5) is 28.7. The maximum absolute atomic E-state index is 12.7. The second kappa shape index (κ2) is 8.25. The Bertz CT molecular complexity index is 755. The van der Waals surface area contributed by atoms with E-state index in [1.54, 1.807) is 24.1 Å². The van der Waals surface area contributed by atoms with Crippen LogP contribution in [0.25, 0.3) is 0 Å². The van der Waals surface area contributed by atoms with Crippen LogP contribution in [0.4, 0.5) is 4.79 Å². The number of hydrogen-bond donors (Lipinski definition) is 1. The van der Waals surface area contributed by atoms with E-state index in [4.69, 9.17) is 4.74 Å². The van der Waals surface area contributed by atoms with Crippen LogP contribution in [-0.4, -0.2) is 61.6 Å². The molecule has 28 heavy (non-hydrogen) atoms. The van der Waals surface area contributed by atoms with E-state index in [-0.39, 0.29) is 11.9 Å². The van der Waals surface area contributed by atoms with Gasteiger partial charge in [0.15, 0.2) is 0 Å². The monoisotopic (exact) mass is 383 g/mol. The molecule has 3 aliphatic rings. The number of benzene rings is 1. The van der Waals surface area contributed by atoms with Crippen molar-refractivity contribution in [3.05, 3.63) is 42.0 Å². The summed E-state index contributed by atoms with van der Waals surface area (Å²) >= 11 is 0. The average Bonchev–Trinajstić information content (AvgIpc) is 3.36. The fourth-order valence-corrected chi connectivity index (χ4v) is 4.75. The fourth-order valence-electron chi connectivity index (χ4n) is 4.75. The van der Waals surface area contributed by atoms with Gasteiger partial charge in [-0.1, -0.05) is 18.2 Å². The third kappa shape index (κ3) is 4.01.